The normalized spacial score (nSPS) is 14.2. The molecule has 1 aliphatic heterocycles. The minimum absolute atomic E-state index is 0.0872. The minimum atomic E-state index is -0.196. The molecule has 8 heteroatoms. The van der Waals surface area contributed by atoms with Crippen LogP contribution in [0.2, 0.25) is 5.02 Å². The van der Waals surface area contributed by atoms with Crippen LogP contribution in [0.3, 0.4) is 0 Å². The number of amides is 3. The first-order valence-electron chi connectivity index (χ1n) is 10.6. The highest BCUT2D eigenvalue weighted by Crippen LogP contribution is 2.28. The molecule has 0 radical (unpaired) electrons. The van der Waals surface area contributed by atoms with Crippen LogP contribution in [0.5, 0.6) is 11.5 Å². The number of nitrogens with one attached hydrogen (secondary N) is 1. The lowest BCUT2D eigenvalue weighted by atomic mass is 10.2. The Labute approximate surface area is 193 Å². The second-order valence-electron chi connectivity index (χ2n) is 7.28. The van der Waals surface area contributed by atoms with Gasteiger partial charge < -0.3 is 24.6 Å². The van der Waals surface area contributed by atoms with E-state index in [9.17, 15) is 9.59 Å². The number of carbonyl (C=O) groups excluding carboxylic acids is 2. The molecule has 7 nitrogen and oxygen atoms in total. The van der Waals surface area contributed by atoms with Crippen LogP contribution >= 0.6 is 11.6 Å². The number of halogens is 1. The maximum absolute atomic E-state index is 12.7. The van der Waals surface area contributed by atoms with Gasteiger partial charge in [-0.2, -0.15) is 0 Å². The predicted molar refractivity (Wildman–Crippen MR) is 126 cm³/mol. The van der Waals surface area contributed by atoms with Gasteiger partial charge in [0.25, 0.3) is 0 Å². The molecular formula is C24H28ClN3O4. The van der Waals surface area contributed by atoms with E-state index in [0.29, 0.717) is 61.4 Å². The van der Waals surface area contributed by atoms with E-state index in [1.807, 2.05) is 25.1 Å². The number of anilines is 1. The Balaban J connectivity index is 1.57. The molecular weight excluding hydrogens is 430 g/mol. The van der Waals surface area contributed by atoms with Crippen LogP contribution in [0.4, 0.5) is 10.5 Å². The number of hydrogen-bond donors (Lipinski definition) is 1. The second-order valence-corrected chi connectivity index (χ2v) is 7.72. The largest absolute Gasteiger partial charge is 0.493 e. The van der Waals surface area contributed by atoms with Crippen molar-refractivity contribution >= 4 is 35.3 Å². The van der Waals surface area contributed by atoms with Crippen molar-refractivity contribution in [2.24, 2.45) is 0 Å². The summed E-state index contributed by atoms with van der Waals surface area (Å²) < 4.78 is 10.9. The number of nitrogens with zero attached hydrogens (tertiary/aromatic N) is 2. The van der Waals surface area contributed by atoms with Crippen molar-refractivity contribution in [2.45, 2.75) is 13.3 Å². The average Bonchev–Trinajstić information content (AvgIpc) is 3.04. The lowest BCUT2D eigenvalue weighted by Gasteiger charge is -2.22. The van der Waals surface area contributed by atoms with Crippen molar-refractivity contribution < 1.29 is 19.1 Å². The molecule has 3 amide bonds. The van der Waals surface area contributed by atoms with Gasteiger partial charge in [0.15, 0.2) is 11.5 Å². The lowest BCUT2D eigenvalue weighted by molar-refractivity contribution is -0.125. The van der Waals surface area contributed by atoms with Gasteiger partial charge in [-0.05, 0) is 55.3 Å². The average molecular weight is 458 g/mol. The topological polar surface area (TPSA) is 71.1 Å². The number of methoxy groups -OCH3 is 1. The van der Waals surface area contributed by atoms with Crippen LogP contribution in [-0.2, 0) is 4.79 Å². The molecule has 0 aliphatic carbocycles. The third-order valence-electron chi connectivity index (χ3n) is 5.08. The number of urea groups is 1. The fourth-order valence-electron chi connectivity index (χ4n) is 3.45. The van der Waals surface area contributed by atoms with Gasteiger partial charge in [-0.15, -0.1) is 0 Å². The molecule has 0 saturated carbocycles. The Hall–Kier alpha value is -3.19. The highest BCUT2D eigenvalue weighted by Gasteiger charge is 2.21. The summed E-state index contributed by atoms with van der Waals surface area (Å²) in [4.78, 5) is 28.8. The third kappa shape index (κ3) is 6.40. The number of hydrogen-bond acceptors (Lipinski definition) is 4. The van der Waals surface area contributed by atoms with Gasteiger partial charge in [0.05, 0.1) is 13.7 Å². The van der Waals surface area contributed by atoms with E-state index in [4.69, 9.17) is 21.1 Å². The number of carbonyl (C=O) groups is 2. The fourth-order valence-corrected chi connectivity index (χ4v) is 3.64. The quantitative estimate of drug-likeness (QED) is 0.647. The Morgan fingerprint density at radius 3 is 2.59 bits per heavy atom. The Kier molecular flexibility index (Phi) is 8.39. The number of ether oxygens (including phenoxy) is 2. The van der Waals surface area contributed by atoms with Gasteiger partial charge in [-0.25, -0.2) is 4.79 Å². The van der Waals surface area contributed by atoms with Crippen molar-refractivity contribution in [2.75, 3.05) is 45.2 Å². The highest BCUT2D eigenvalue weighted by molar-refractivity contribution is 6.30. The van der Waals surface area contributed by atoms with E-state index in [2.05, 4.69) is 5.32 Å². The van der Waals surface area contributed by atoms with E-state index in [1.54, 1.807) is 53.3 Å². The first kappa shape index (κ1) is 23.5. The molecule has 2 aromatic rings. The molecule has 1 saturated heterocycles. The summed E-state index contributed by atoms with van der Waals surface area (Å²) in [7, 11) is 1.59. The van der Waals surface area contributed by atoms with E-state index in [1.165, 1.54) is 0 Å². The summed E-state index contributed by atoms with van der Waals surface area (Å²) in [5.41, 5.74) is 1.49. The van der Waals surface area contributed by atoms with Crippen LogP contribution in [-0.4, -0.2) is 61.6 Å². The van der Waals surface area contributed by atoms with E-state index < -0.39 is 0 Å². The molecule has 0 unspecified atom stereocenters. The van der Waals surface area contributed by atoms with Crippen LogP contribution in [0.15, 0.2) is 48.5 Å². The minimum Gasteiger partial charge on any atom is -0.493 e. The number of rotatable bonds is 6. The first-order valence-corrected chi connectivity index (χ1v) is 11.0. The first-order chi connectivity index (χ1) is 15.5. The van der Waals surface area contributed by atoms with Crippen LogP contribution in [0, 0.1) is 0 Å². The summed E-state index contributed by atoms with van der Waals surface area (Å²) in [6.07, 6.45) is 4.03. The summed E-state index contributed by atoms with van der Waals surface area (Å²) in [5, 5.41) is 3.42. The second kappa shape index (κ2) is 11.4. The zero-order valence-corrected chi connectivity index (χ0v) is 19.1. The van der Waals surface area contributed by atoms with Crippen molar-refractivity contribution in [3.8, 4) is 11.5 Å². The Bertz CT molecular complexity index is 979. The van der Waals surface area contributed by atoms with Gasteiger partial charge >= 0.3 is 6.03 Å². The smallest absolute Gasteiger partial charge is 0.321 e. The molecule has 1 heterocycles. The number of benzene rings is 2. The van der Waals surface area contributed by atoms with Crippen LogP contribution in [0.1, 0.15) is 18.9 Å². The van der Waals surface area contributed by atoms with E-state index in [-0.39, 0.29) is 11.9 Å². The monoisotopic (exact) mass is 457 g/mol. The highest BCUT2D eigenvalue weighted by atomic mass is 35.5. The van der Waals surface area contributed by atoms with Crippen molar-refractivity contribution in [3.63, 3.8) is 0 Å². The molecule has 2 aromatic carbocycles. The van der Waals surface area contributed by atoms with Gasteiger partial charge in [0, 0.05) is 43.0 Å². The zero-order chi connectivity index (χ0) is 22.9. The summed E-state index contributed by atoms with van der Waals surface area (Å²) in [5.74, 6) is 1.20. The maximum Gasteiger partial charge on any atom is 0.321 e. The van der Waals surface area contributed by atoms with Gasteiger partial charge in [0.2, 0.25) is 5.91 Å². The van der Waals surface area contributed by atoms with Crippen LogP contribution in [0.25, 0.3) is 6.08 Å². The van der Waals surface area contributed by atoms with Crippen molar-refractivity contribution in [1.29, 1.82) is 0 Å². The SMILES string of the molecule is CCOc1cc(C=CC(=O)N2CCCN(C(=O)Nc3cccc(Cl)c3)CC2)ccc1OC. The molecule has 32 heavy (non-hydrogen) atoms. The van der Waals surface area contributed by atoms with Crippen molar-refractivity contribution in [1.82, 2.24) is 9.80 Å². The molecule has 170 valence electrons. The summed E-state index contributed by atoms with van der Waals surface area (Å²) >= 11 is 5.98. The van der Waals surface area contributed by atoms with E-state index >= 15 is 0 Å². The molecule has 1 aliphatic rings. The van der Waals surface area contributed by atoms with Crippen molar-refractivity contribution in [3.05, 3.63) is 59.1 Å². The molecule has 1 N–H and O–H groups in total. The van der Waals surface area contributed by atoms with Crippen LogP contribution < -0.4 is 14.8 Å². The molecule has 3 rings (SSSR count). The molecule has 0 aromatic heterocycles. The van der Waals surface area contributed by atoms with Gasteiger partial charge in [-0.3, -0.25) is 4.79 Å². The summed E-state index contributed by atoms with van der Waals surface area (Å²) in [6.45, 7) is 4.54. The molecule has 0 bridgehead atoms. The maximum atomic E-state index is 12.7. The predicted octanol–water partition coefficient (Wildman–Crippen LogP) is 4.53. The molecule has 0 spiro atoms. The lowest BCUT2D eigenvalue weighted by Crippen LogP contribution is -2.39. The molecule has 1 fully saturated rings. The van der Waals surface area contributed by atoms with Gasteiger partial charge in [0.1, 0.15) is 0 Å². The fraction of sp³-hybridized carbons (Fsp3) is 0.333. The summed E-state index contributed by atoms with van der Waals surface area (Å²) in [6, 6.07) is 12.4. The zero-order valence-electron chi connectivity index (χ0n) is 18.3. The van der Waals surface area contributed by atoms with E-state index in [0.717, 1.165) is 5.56 Å². The Morgan fingerprint density at radius 1 is 1.06 bits per heavy atom. The van der Waals surface area contributed by atoms with Gasteiger partial charge in [-0.1, -0.05) is 23.7 Å². The molecule has 0 atom stereocenters. The Morgan fingerprint density at radius 2 is 1.84 bits per heavy atom. The third-order valence-corrected chi connectivity index (χ3v) is 5.31. The standard InChI is InChI=1S/C24H28ClN3O4/c1-3-32-22-16-18(8-10-21(22)31-2)9-11-23(29)27-12-5-13-28(15-14-27)24(30)26-20-7-4-6-19(25)17-20/h4,6-11,16-17H,3,5,12-15H2,1-2H3,(H,26,30).